The molecule has 8 N–H and O–H groups in total. The highest BCUT2D eigenvalue weighted by Crippen LogP contribution is 2.14. The molecule has 48 heavy (non-hydrogen) atoms. The smallest absolute Gasteiger partial charge is 0.335 e. The summed E-state index contributed by atoms with van der Waals surface area (Å²) in [7, 11) is 0. The molecule has 1 aromatic carbocycles. The number of amides is 3. The van der Waals surface area contributed by atoms with E-state index in [1.165, 1.54) is 12.1 Å². The lowest BCUT2D eigenvalue weighted by Crippen LogP contribution is -2.44. The molecule has 1 unspecified atom stereocenters. The maximum Gasteiger partial charge on any atom is 0.335 e. The first-order chi connectivity index (χ1) is 22.9. The van der Waals surface area contributed by atoms with E-state index in [0.717, 1.165) is 38.5 Å². The van der Waals surface area contributed by atoms with Crippen molar-refractivity contribution in [3.63, 3.8) is 0 Å². The van der Waals surface area contributed by atoms with E-state index in [0.29, 0.717) is 50.9 Å². The Labute approximate surface area is 280 Å². The van der Waals surface area contributed by atoms with E-state index in [9.17, 15) is 43.8 Å². The van der Waals surface area contributed by atoms with Crippen LogP contribution in [0.4, 0.5) is 0 Å². The summed E-state index contributed by atoms with van der Waals surface area (Å²) in [6.07, 6.45) is 7.73. The topological polar surface area (TPSA) is 252 Å². The van der Waals surface area contributed by atoms with Crippen LogP contribution in [0.15, 0.2) is 24.3 Å². The Bertz CT molecular complexity index is 1180. The van der Waals surface area contributed by atoms with Crippen molar-refractivity contribution in [2.75, 3.05) is 13.2 Å². The molecule has 0 saturated heterocycles. The quantitative estimate of drug-likeness (QED) is 0.0498. The van der Waals surface area contributed by atoms with Crippen LogP contribution in [0.5, 0.6) is 5.75 Å². The molecular formula is C33H50N4O11. The number of aldehydes is 1. The van der Waals surface area contributed by atoms with E-state index < -0.39 is 53.8 Å². The Morgan fingerprint density at radius 2 is 1.19 bits per heavy atom. The second-order valence-corrected chi connectivity index (χ2v) is 11.5. The van der Waals surface area contributed by atoms with Gasteiger partial charge in [0.25, 0.3) is 0 Å². The van der Waals surface area contributed by atoms with E-state index in [2.05, 4.69) is 16.0 Å². The first-order valence-electron chi connectivity index (χ1n) is 16.4. The van der Waals surface area contributed by atoms with Gasteiger partial charge in [0.15, 0.2) is 0 Å². The Kier molecular flexibility index (Phi) is 21.3. The highest BCUT2D eigenvalue weighted by Gasteiger charge is 2.24. The van der Waals surface area contributed by atoms with Crippen molar-refractivity contribution in [3.05, 3.63) is 29.8 Å². The number of unbranched alkanes of at least 4 members (excludes halogenated alkanes) is 7. The zero-order valence-electron chi connectivity index (χ0n) is 27.3. The number of hydrogen-bond donors (Lipinski definition) is 7. The lowest BCUT2D eigenvalue weighted by Gasteiger charge is -2.17. The molecule has 0 saturated carbocycles. The van der Waals surface area contributed by atoms with Crippen LogP contribution in [-0.2, 0) is 28.8 Å². The first-order valence-corrected chi connectivity index (χ1v) is 16.4. The molecule has 15 heteroatoms. The third-order valence-electron chi connectivity index (χ3n) is 7.47. The average molecular weight is 679 g/mol. The van der Waals surface area contributed by atoms with E-state index in [4.69, 9.17) is 15.6 Å². The van der Waals surface area contributed by atoms with Crippen molar-refractivity contribution in [2.45, 2.75) is 114 Å². The SMILES string of the molecule is N[C@H](C=O)CCCCNC(=O)CC[C@H](NC(=O)CCC(NC(=O)CCCCCCCCCOc1ccc(C(=O)O)cc1)C(=O)O)C(=O)O. The maximum atomic E-state index is 12.4. The van der Waals surface area contributed by atoms with Gasteiger partial charge in [0.2, 0.25) is 17.7 Å². The number of benzene rings is 1. The summed E-state index contributed by atoms with van der Waals surface area (Å²) in [5.74, 6) is -4.56. The number of carbonyl (C=O) groups excluding carboxylic acids is 4. The number of carboxylic acids is 3. The summed E-state index contributed by atoms with van der Waals surface area (Å²) in [5, 5.41) is 35.2. The fourth-order valence-electron chi connectivity index (χ4n) is 4.64. The zero-order valence-corrected chi connectivity index (χ0v) is 27.3. The minimum Gasteiger partial charge on any atom is -0.494 e. The van der Waals surface area contributed by atoms with Crippen LogP contribution in [0.1, 0.15) is 107 Å². The van der Waals surface area contributed by atoms with E-state index in [1.807, 2.05) is 0 Å². The van der Waals surface area contributed by atoms with Crippen LogP contribution in [-0.4, -0.2) is 88.5 Å². The van der Waals surface area contributed by atoms with Crippen LogP contribution in [0.25, 0.3) is 0 Å². The predicted molar refractivity (Wildman–Crippen MR) is 174 cm³/mol. The summed E-state index contributed by atoms with van der Waals surface area (Å²) < 4.78 is 5.61. The molecule has 0 heterocycles. The Morgan fingerprint density at radius 1 is 0.667 bits per heavy atom. The monoisotopic (exact) mass is 678 g/mol. The molecule has 0 aliphatic rings. The molecule has 0 bridgehead atoms. The van der Waals surface area contributed by atoms with Crippen LogP contribution >= 0.6 is 0 Å². The minimum atomic E-state index is -1.34. The van der Waals surface area contributed by atoms with E-state index in [1.54, 1.807) is 12.1 Å². The lowest BCUT2D eigenvalue weighted by atomic mass is 10.1. The van der Waals surface area contributed by atoms with Crippen LogP contribution in [0.2, 0.25) is 0 Å². The number of aromatic carboxylic acids is 1. The molecule has 0 spiro atoms. The van der Waals surface area contributed by atoms with Crippen LogP contribution < -0.4 is 26.4 Å². The largest absolute Gasteiger partial charge is 0.494 e. The molecule has 268 valence electrons. The number of aliphatic carboxylic acids is 2. The van der Waals surface area contributed by atoms with Gasteiger partial charge in [-0.1, -0.05) is 32.1 Å². The summed E-state index contributed by atoms with van der Waals surface area (Å²) >= 11 is 0. The normalized spacial score (nSPS) is 12.6. The van der Waals surface area contributed by atoms with Crippen molar-refractivity contribution < 1.29 is 53.6 Å². The molecule has 0 fully saturated rings. The Balaban J connectivity index is 2.20. The van der Waals surface area contributed by atoms with Crippen molar-refractivity contribution in [2.24, 2.45) is 5.73 Å². The molecule has 3 atom stereocenters. The fraction of sp³-hybridized carbons (Fsp3) is 0.606. The highest BCUT2D eigenvalue weighted by molar-refractivity contribution is 5.88. The molecule has 15 nitrogen and oxygen atoms in total. The summed E-state index contributed by atoms with van der Waals surface area (Å²) in [5.41, 5.74) is 5.70. The predicted octanol–water partition coefficient (Wildman–Crippen LogP) is 2.40. The molecule has 0 aliphatic heterocycles. The summed E-state index contributed by atoms with van der Waals surface area (Å²) in [6.45, 7) is 0.867. The van der Waals surface area contributed by atoms with Gasteiger partial charge in [0.05, 0.1) is 18.2 Å². The zero-order chi connectivity index (χ0) is 35.7. The Morgan fingerprint density at radius 3 is 1.73 bits per heavy atom. The number of ether oxygens (including phenoxy) is 1. The van der Waals surface area contributed by atoms with Gasteiger partial charge in [0.1, 0.15) is 24.1 Å². The van der Waals surface area contributed by atoms with Gasteiger partial charge in [-0.3, -0.25) is 14.4 Å². The Hall–Kier alpha value is -4.53. The van der Waals surface area contributed by atoms with Crippen LogP contribution in [0.3, 0.4) is 0 Å². The third kappa shape index (κ3) is 19.9. The van der Waals surface area contributed by atoms with Crippen molar-refractivity contribution in [1.29, 1.82) is 0 Å². The molecular weight excluding hydrogens is 628 g/mol. The first kappa shape index (κ1) is 41.5. The number of hydrogen-bond acceptors (Lipinski definition) is 9. The molecule has 1 aromatic rings. The van der Waals surface area contributed by atoms with Crippen molar-refractivity contribution >= 4 is 41.9 Å². The van der Waals surface area contributed by atoms with Gasteiger partial charge in [-0.25, -0.2) is 14.4 Å². The second kappa shape index (κ2) is 24.6. The number of carboxylic acid groups (broad SMARTS) is 3. The second-order valence-electron chi connectivity index (χ2n) is 11.5. The number of carbonyl (C=O) groups is 7. The number of nitrogens with one attached hydrogen (secondary N) is 3. The minimum absolute atomic E-state index is 0.139. The van der Waals surface area contributed by atoms with E-state index >= 15 is 0 Å². The average Bonchev–Trinajstić information content (AvgIpc) is 3.05. The summed E-state index contributed by atoms with van der Waals surface area (Å²) in [4.78, 5) is 81.3. The molecule has 1 rings (SSSR count). The number of nitrogens with two attached hydrogens (primary N) is 1. The van der Waals surface area contributed by atoms with Crippen molar-refractivity contribution in [1.82, 2.24) is 16.0 Å². The van der Waals surface area contributed by atoms with Gasteiger partial charge >= 0.3 is 17.9 Å². The lowest BCUT2D eigenvalue weighted by molar-refractivity contribution is -0.143. The van der Waals surface area contributed by atoms with Gasteiger partial charge in [-0.2, -0.15) is 0 Å². The van der Waals surface area contributed by atoms with E-state index in [-0.39, 0.29) is 37.7 Å². The third-order valence-corrected chi connectivity index (χ3v) is 7.47. The molecule has 3 amide bonds. The van der Waals surface area contributed by atoms with Crippen LogP contribution in [0, 0.1) is 0 Å². The standard InChI is InChI=1S/C33H50N4O11/c34-24(22-38)10-7-8-20-35-28(39)18-16-26(32(44)45)37-30(41)19-17-27(33(46)47)36-29(40)11-6-4-2-1-3-5-9-21-48-25-14-12-23(13-15-25)31(42)43/h12-15,22,24,26-27H,1-11,16-21,34H2,(H,35,39)(H,36,40)(H,37,41)(H,42,43)(H,44,45)(H,46,47)/t24-,26-,27?/m0/s1. The van der Waals surface area contributed by atoms with Gasteiger partial charge in [-0.05, 0) is 69.2 Å². The van der Waals surface area contributed by atoms with Gasteiger partial charge < -0.3 is 46.5 Å². The maximum absolute atomic E-state index is 12.4. The molecule has 0 aliphatic carbocycles. The fourth-order valence-corrected chi connectivity index (χ4v) is 4.64. The van der Waals surface area contributed by atoms with Crippen molar-refractivity contribution in [3.8, 4) is 5.75 Å². The summed E-state index contributed by atoms with van der Waals surface area (Å²) in [6, 6.07) is 3.05. The molecule has 0 aromatic heterocycles. The highest BCUT2D eigenvalue weighted by atomic mass is 16.5. The number of rotatable bonds is 28. The van der Waals surface area contributed by atoms with Gasteiger partial charge in [0, 0.05) is 25.8 Å². The molecule has 0 radical (unpaired) electrons. The van der Waals surface area contributed by atoms with Gasteiger partial charge in [-0.15, -0.1) is 0 Å².